The summed E-state index contributed by atoms with van der Waals surface area (Å²) in [7, 11) is 0. The van der Waals surface area contributed by atoms with Gasteiger partial charge in [-0.15, -0.1) is 11.8 Å². The van der Waals surface area contributed by atoms with Crippen LogP contribution in [0.25, 0.3) is 11.4 Å². The number of aromatic nitrogens is 3. The summed E-state index contributed by atoms with van der Waals surface area (Å²) in [5, 5.41) is 7.60. The van der Waals surface area contributed by atoms with E-state index < -0.39 is 0 Å². The molecule has 0 aliphatic rings. The summed E-state index contributed by atoms with van der Waals surface area (Å²) >= 11 is 1.81. The van der Waals surface area contributed by atoms with Crippen LogP contribution in [-0.4, -0.2) is 26.3 Å². The predicted molar refractivity (Wildman–Crippen MR) is 127 cm³/mol. The maximum absolute atomic E-state index is 12.7. The number of rotatable bonds is 8. The van der Waals surface area contributed by atoms with Crippen LogP contribution in [0.3, 0.4) is 0 Å². The van der Waals surface area contributed by atoms with Gasteiger partial charge in [-0.3, -0.25) is 9.78 Å². The van der Waals surface area contributed by atoms with Gasteiger partial charge < -0.3 is 9.84 Å². The zero-order chi connectivity index (χ0) is 22.3. The number of anilines is 1. The van der Waals surface area contributed by atoms with Crippen LogP contribution in [0.1, 0.15) is 30.9 Å². The minimum Gasteiger partial charge on any atom is -0.339 e. The van der Waals surface area contributed by atoms with Crippen molar-refractivity contribution in [1.29, 1.82) is 0 Å². The van der Waals surface area contributed by atoms with Gasteiger partial charge in [-0.2, -0.15) is 4.98 Å². The number of nitrogens with zero attached hydrogens (tertiary/aromatic N) is 3. The third kappa shape index (κ3) is 5.82. The Bertz CT molecular complexity index is 1170. The normalized spacial score (nSPS) is 11.0. The Labute approximate surface area is 191 Å². The first-order valence-electron chi connectivity index (χ1n) is 10.4. The fourth-order valence-electron chi connectivity index (χ4n) is 3.24. The highest BCUT2D eigenvalue weighted by Gasteiger charge is 2.13. The fourth-order valence-corrected chi connectivity index (χ4v) is 4.08. The molecule has 0 bridgehead atoms. The molecule has 0 unspecified atom stereocenters. The molecule has 0 atom stereocenters. The van der Waals surface area contributed by atoms with E-state index in [-0.39, 0.29) is 5.91 Å². The van der Waals surface area contributed by atoms with E-state index in [1.165, 1.54) is 4.90 Å². The zero-order valence-electron chi connectivity index (χ0n) is 18.0. The number of carbonyl (C=O) groups is 1. The summed E-state index contributed by atoms with van der Waals surface area (Å²) < 4.78 is 5.42. The topological polar surface area (TPSA) is 80.9 Å². The summed E-state index contributed by atoms with van der Waals surface area (Å²) in [6, 6.07) is 19.5. The fraction of sp³-hybridized carbons (Fsp3) is 0.200. The van der Waals surface area contributed by atoms with E-state index >= 15 is 0 Å². The molecule has 0 aliphatic heterocycles. The molecule has 0 radical (unpaired) electrons. The molecular weight excluding hydrogens is 420 g/mol. The molecule has 4 aromatic rings. The summed E-state index contributed by atoms with van der Waals surface area (Å²) in [5.74, 6) is 0.935. The molecule has 0 fully saturated rings. The number of carbonyl (C=O) groups excluding carboxylic acids is 1. The van der Waals surface area contributed by atoms with E-state index in [1.54, 1.807) is 12.4 Å². The monoisotopic (exact) mass is 444 g/mol. The van der Waals surface area contributed by atoms with E-state index in [1.807, 2.05) is 60.3 Å². The van der Waals surface area contributed by atoms with E-state index in [0.717, 1.165) is 22.4 Å². The van der Waals surface area contributed by atoms with Crippen LogP contribution in [0.5, 0.6) is 0 Å². The molecule has 0 spiro atoms. The number of amides is 1. The first-order chi connectivity index (χ1) is 15.6. The van der Waals surface area contributed by atoms with Crippen LogP contribution in [0.15, 0.2) is 82.5 Å². The van der Waals surface area contributed by atoms with Gasteiger partial charge in [0.1, 0.15) is 0 Å². The van der Waals surface area contributed by atoms with Crippen LogP contribution >= 0.6 is 11.8 Å². The Balaban J connectivity index is 1.41. The average Bonchev–Trinajstić information content (AvgIpc) is 3.25. The van der Waals surface area contributed by atoms with Gasteiger partial charge in [-0.25, -0.2) is 0 Å². The number of hydrogen-bond donors (Lipinski definition) is 1. The van der Waals surface area contributed by atoms with Crippen molar-refractivity contribution in [2.75, 3.05) is 5.32 Å². The Morgan fingerprint density at radius 3 is 2.53 bits per heavy atom. The highest BCUT2D eigenvalue weighted by molar-refractivity contribution is 7.99. The van der Waals surface area contributed by atoms with Gasteiger partial charge in [0.25, 0.3) is 0 Å². The van der Waals surface area contributed by atoms with Gasteiger partial charge in [-0.05, 0) is 41.5 Å². The number of thioether (sulfide) groups is 1. The number of nitrogens with one attached hydrogen (secondary N) is 1. The second kappa shape index (κ2) is 10.2. The third-order valence-corrected chi connectivity index (χ3v) is 5.72. The highest BCUT2D eigenvalue weighted by atomic mass is 32.2. The Hall–Kier alpha value is -3.45. The van der Waals surface area contributed by atoms with Gasteiger partial charge in [0.05, 0.1) is 12.8 Å². The second-order valence-electron chi connectivity index (χ2n) is 7.62. The van der Waals surface area contributed by atoms with Gasteiger partial charge in [0, 0.05) is 33.8 Å². The van der Waals surface area contributed by atoms with E-state index in [9.17, 15) is 4.79 Å². The van der Waals surface area contributed by atoms with Crippen LogP contribution < -0.4 is 5.32 Å². The largest absolute Gasteiger partial charge is 0.339 e. The van der Waals surface area contributed by atoms with Crippen molar-refractivity contribution < 1.29 is 9.32 Å². The number of benzene rings is 2. The van der Waals surface area contributed by atoms with Crippen molar-refractivity contribution in [3.05, 3.63) is 90.1 Å². The highest BCUT2D eigenvalue weighted by Crippen LogP contribution is 2.24. The summed E-state index contributed by atoms with van der Waals surface area (Å²) in [6.45, 7) is 4.33. The zero-order valence-corrected chi connectivity index (χ0v) is 18.8. The lowest BCUT2D eigenvalue weighted by Gasteiger charge is -2.10. The molecule has 0 saturated carbocycles. The molecule has 4 rings (SSSR count). The molecule has 2 heterocycles. The lowest BCUT2D eigenvalue weighted by Crippen LogP contribution is -2.15. The molecule has 2 aromatic carbocycles. The molecule has 7 heteroatoms. The smallest absolute Gasteiger partial charge is 0.231 e. The number of pyridine rings is 1. The van der Waals surface area contributed by atoms with Gasteiger partial charge in [0.15, 0.2) is 0 Å². The standard InChI is InChI=1S/C25H24N4O2S/c1-17(2)32-21-9-7-18(8-10-21)15-23(30)27-22-6-4-3-5-20(22)16-24-28-25(29-31-24)19-11-13-26-14-12-19/h3-14,17H,15-16H2,1-2H3,(H,27,30). The molecule has 6 nitrogen and oxygen atoms in total. The first-order valence-corrected chi connectivity index (χ1v) is 11.3. The maximum Gasteiger partial charge on any atom is 0.231 e. The minimum atomic E-state index is -0.0651. The lowest BCUT2D eigenvalue weighted by molar-refractivity contribution is -0.115. The van der Waals surface area contributed by atoms with Gasteiger partial charge in [-0.1, -0.05) is 49.3 Å². The number of hydrogen-bond acceptors (Lipinski definition) is 6. The van der Waals surface area contributed by atoms with Crippen molar-refractivity contribution in [3.63, 3.8) is 0 Å². The van der Waals surface area contributed by atoms with Crippen molar-refractivity contribution >= 4 is 23.4 Å². The summed E-state index contributed by atoms with van der Waals surface area (Å²) in [4.78, 5) is 22.3. The molecule has 32 heavy (non-hydrogen) atoms. The molecular formula is C25H24N4O2S. The minimum absolute atomic E-state index is 0.0651. The first kappa shape index (κ1) is 21.8. The van der Waals surface area contributed by atoms with Crippen LogP contribution in [0, 0.1) is 0 Å². The van der Waals surface area contributed by atoms with Crippen molar-refractivity contribution in [1.82, 2.24) is 15.1 Å². The Morgan fingerprint density at radius 2 is 1.78 bits per heavy atom. The quantitative estimate of drug-likeness (QED) is 0.366. The van der Waals surface area contributed by atoms with Gasteiger partial charge >= 0.3 is 0 Å². The molecule has 1 N–H and O–H groups in total. The second-order valence-corrected chi connectivity index (χ2v) is 9.27. The molecule has 162 valence electrons. The van der Waals surface area contributed by atoms with Gasteiger partial charge in [0.2, 0.25) is 17.6 Å². The van der Waals surface area contributed by atoms with Crippen LogP contribution in [0.4, 0.5) is 5.69 Å². The Kier molecular flexibility index (Phi) is 6.97. The maximum atomic E-state index is 12.7. The molecule has 1 amide bonds. The van der Waals surface area contributed by atoms with E-state index in [4.69, 9.17) is 4.52 Å². The average molecular weight is 445 g/mol. The summed E-state index contributed by atoms with van der Waals surface area (Å²) in [6.07, 6.45) is 4.11. The van der Waals surface area contributed by atoms with E-state index in [0.29, 0.717) is 29.8 Å². The van der Waals surface area contributed by atoms with Crippen molar-refractivity contribution in [2.24, 2.45) is 0 Å². The van der Waals surface area contributed by atoms with Crippen molar-refractivity contribution in [2.45, 2.75) is 36.8 Å². The Morgan fingerprint density at radius 1 is 1.03 bits per heavy atom. The number of para-hydroxylation sites is 1. The molecule has 2 aromatic heterocycles. The van der Waals surface area contributed by atoms with Crippen LogP contribution in [0.2, 0.25) is 0 Å². The van der Waals surface area contributed by atoms with Crippen LogP contribution in [-0.2, 0) is 17.6 Å². The van der Waals surface area contributed by atoms with E-state index in [2.05, 4.69) is 46.4 Å². The SMILES string of the molecule is CC(C)Sc1ccc(CC(=O)Nc2ccccc2Cc2nc(-c3ccncc3)no2)cc1. The molecule has 0 saturated heterocycles. The molecule has 0 aliphatic carbocycles. The third-order valence-electron chi connectivity index (χ3n) is 4.70. The van der Waals surface area contributed by atoms with Crippen molar-refractivity contribution in [3.8, 4) is 11.4 Å². The lowest BCUT2D eigenvalue weighted by atomic mass is 10.1. The predicted octanol–water partition coefficient (Wildman–Crippen LogP) is 5.40. The summed E-state index contributed by atoms with van der Waals surface area (Å²) in [5.41, 5.74) is 3.48.